The van der Waals surface area contributed by atoms with Crippen molar-refractivity contribution in [2.45, 2.75) is 11.8 Å². The van der Waals surface area contributed by atoms with Crippen molar-refractivity contribution in [2.24, 2.45) is 5.73 Å². The van der Waals surface area contributed by atoms with Gasteiger partial charge in [0.05, 0.1) is 9.82 Å². The van der Waals surface area contributed by atoms with Gasteiger partial charge in [0.2, 0.25) is 10.0 Å². The highest BCUT2D eigenvalue weighted by Gasteiger charge is 2.27. The highest BCUT2D eigenvalue weighted by molar-refractivity contribution is 7.89. The lowest BCUT2D eigenvalue weighted by molar-refractivity contribution is -0.385. The maximum absolute atomic E-state index is 12.0. The van der Waals surface area contributed by atoms with Crippen LogP contribution in [0.25, 0.3) is 0 Å². The number of carbonyl (C=O) groups is 1. The largest absolute Gasteiger partial charge is 0.365 e. The maximum Gasteiger partial charge on any atom is 0.283 e. The average Bonchev–Trinajstić information content (AvgIpc) is 2.27. The number of nitrogens with two attached hydrogens (primary N) is 1. The molecule has 19 heavy (non-hydrogen) atoms. The number of aryl methyl sites for hydroxylation is 1. The van der Waals surface area contributed by atoms with Crippen molar-refractivity contribution < 1.29 is 18.1 Å². The lowest BCUT2D eigenvalue weighted by Crippen LogP contribution is -2.24. The summed E-state index contributed by atoms with van der Waals surface area (Å²) < 4.78 is 24.9. The molecule has 0 spiro atoms. The summed E-state index contributed by atoms with van der Waals surface area (Å²) >= 11 is 0. The van der Waals surface area contributed by atoms with Crippen molar-refractivity contribution in [3.8, 4) is 0 Å². The summed E-state index contributed by atoms with van der Waals surface area (Å²) in [5.74, 6) is -0.983. The number of hydrogen-bond acceptors (Lipinski definition) is 5. The van der Waals surface area contributed by atoms with Crippen LogP contribution in [0.5, 0.6) is 0 Å². The van der Waals surface area contributed by atoms with Crippen LogP contribution in [0.4, 0.5) is 5.69 Å². The van der Waals surface area contributed by atoms with Crippen LogP contribution in [-0.2, 0) is 10.0 Å². The third-order valence-electron chi connectivity index (χ3n) is 2.51. The van der Waals surface area contributed by atoms with Crippen molar-refractivity contribution in [3.63, 3.8) is 0 Å². The van der Waals surface area contributed by atoms with Gasteiger partial charge >= 0.3 is 0 Å². The molecule has 1 rings (SSSR count). The van der Waals surface area contributed by atoms with Crippen LogP contribution in [0, 0.1) is 17.0 Å². The number of benzene rings is 1. The van der Waals surface area contributed by atoms with Gasteiger partial charge in [-0.1, -0.05) is 0 Å². The average molecular weight is 287 g/mol. The smallest absolute Gasteiger partial charge is 0.283 e. The zero-order valence-corrected chi connectivity index (χ0v) is 11.4. The minimum atomic E-state index is -3.83. The van der Waals surface area contributed by atoms with Crippen LogP contribution in [0.15, 0.2) is 17.0 Å². The third-order valence-corrected chi connectivity index (χ3v) is 4.47. The predicted octanol–water partition coefficient (Wildman–Crippen LogP) is 0.252. The predicted molar refractivity (Wildman–Crippen MR) is 67.2 cm³/mol. The van der Waals surface area contributed by atoms with Gasteiger partial charge in [0, 0.05) is 20.2 Å². The molecule has 0 heterocycles. The van der Waals surface area contributed by atoms with Crippen molar-refractivity contribution >= 4 is 21.6 Å². The van der Waals surface area contributed by atoms with Crippen LogP contribution in [0.1, 0.15) is 15.9 Å². The molecule has 0 aliphatic carbocycles. The van der Waals surface area contributed by atoms with Crippen molar-refractivity contribution in [3.05, 3.63) is 33.4 Å². The molecule has 8 nitrogen and oxygen atoms in total. The molecule has 0 bridgehead atoms. The summed E-state index contributed by atoms with van der Waals surface area (Å²) in [6, 6.07) is 1.96. The summed E-state index contributed by atoms with van der Waals surface area (Å²) in [4.78, 5) is 20.9. The number of nitrogens with zero attached hydrogens (tertiary/aromatic N) is 2. The number of sulfonamides is 1. The minimum Gasteiger partial charge on any atom is -0.365 e. The second kappa shape index (κ2) is 4.94. The number of nitro groups is 1. The highest BCUT2D eigenvalue weighted by atomic mass is 32.2. The number of primary amides is 1. The summed E-state index contributed by atoms with van der Waals surface area (Å²) in [7, 11) is -1.21. The van der Waals surface area contributed by atoms with Crippen LogP contribution in [0.3, 0.4) is 0 Å². The molecule has 0 saturated carbocycles. The molecule has 1 aromatic rings. The van der Waals surface area contributed by atoms with E-state index in [9.17, 15) is 23.3 Å². The van der Waals surface area contributed by atoms with E-state index in [-0.39, 0.29) is 16.0 Å². The van der Waals surface area contributed by atoms with E-state index in [1.165, 1.54) is 21.0 Å². The van der Waals surface area contributed by atoms with Gasteiger partial charge in [-0.05, 0) is 18.6 Å². The molecule has 0 aromatic heterocycles. The molecule has 0 fully saturated rings. The number of nitro benzene ring substituents is 1. The van der Waals surface area contributed by atoms with E-state index < -0.39 is 26.5 Å². The number of rotatable bonds is 4. The first-order valence-corrected chi connectivity index (χ1v) is 6.54. The van der Waals surface area contributed by atoms with E-state index in [2.05, 4.69) is 0 Å². The molecule has 9 heteroatoms. The Hall–Kier alpha value is -2.00. The molecule has 0 aliphatic rings. The Kier molecular flexibility index (Phi) is 3.91. The number of carbonyl (C=O) groups excluding carboxylic acids is 1. The standard InChI is InChI=1S/C10H13N3O5S/c1-6-4-7(10(11)14)8(13(15)16)5-9(6)19(17,18)12(2)3/h4-5H,1-3H3,(H2,11,14). The number of hydrogen-bond donors (Lipinski definition) is 1. The Labute approximate surface area is 110 Å². The second-order valence-corrected chi connectivity index (χ2v) is 6.16. The molecule has 0 atom stereocenters. The van der Waals surface area contributed by atoms with E-state index >= 15 is 0 Å². The van der Waals surface area contributed by atoms with Crippen LogP contribution < -0.4 is 5.73 Å². The van der Waals surface area contributed by atoms with Crippen molar-refractivity contribution in [1.29, 1.82) is 0 Å². The molecule has 1 amide bonds. The quantitative estimate of drug-likeness (QED) is 0.628. The second-order valence-electron chi connectivity index (χ2n) is 4.04. The molecular formula is C10H13N3O5S. The molecule has 2 N–H and O–H groups in total. The molecule has 1 aromatic carbocycles. The van der Waals surface area contributed by atoms with Crippen molar-refractivity contribution in [2.75, 3.05) is 14.1 Å². The van der Waals surface area contributed by atoms with Crippen LogP contribution in [-0.4, -0.2) is 37.6 Å². The fourth-order valence-electron chi connectivity index (χ4n) is 1.50. The van der Waals surface area contributed by atoms with Gasteiger partial charge in [-0.15, -0.1) is 0 Å². The van der Waals surface area contributed by atoms with E-state index in [4.69, 9.17) is 5.73 Å². The Morgan fingerprint density at radius 2 is 1.89 bits per heavy atom. The fourth-order valence-corrected chi connectivity index (χ4v) is 2.62. The van der Waals surface area contributed by atoms with E-state index in [0.29, 0.717) is 0 Å². The molecular weight excluding hydrogens is 274 g/mol. The summed E-state index contributed by atoms with van der Waals surface area (Å²) in [5, 5.41) is 10.9. The highest BCUT2D eigenvalue weighted by Crippen LogP contribution is 2.27. The van der Waals surface area contributed by atoms with Gasteiger partial charge in [-0.3, -0.25) is 14.9 Å². The zero-order chi connectivity index (χ0) is 15.0. The molecule has 104 valence electrons. The van der Waals surface area contributed by atoms with Gasteiger partial charge < -0.3 is 5.73 Å². The normalized spacial score (nSPS) is 11.6. The van der Waals surface area contributed by atoms with Gasteiger partial charge in [-0.25, -0.2) is 12.7 Å². The van der Waals surface area contributed by atoms with Crippen molar-refractivity contribution in [1.82, 2.24) is 4.31 Å². The zero-order valence-electron chi connectivity index (χ0n) is 10.6. The summed E-state index contributed by atoms with van der Waals surface area (Å²) in [6.45, 7) is 1.44. The Morgan fingerprint density at radius 3 is 2.26 bits per heavy atom. The van der Waals surface area contributed by atoms with Gasteiger partial charge in [0.25, 0.3) is 11.6 Å². The van der Waals surface area contributed by atoms with E-state index in [0.717, 1.165) is 16.4 Å². The van der Waals surface area contributed by atoms with Crippen LogP contribution in [0.2, 0.25) is 0 Å². The molecule has 0 unspecified atom stereocenters. The monoisotopic (exact) mass is 287 g/mol. The summed E-state index contributed by atoms with van der Waals surface area (Å²) in [6.07, 6.45) is 0. The minimum absolute atomic E-state index is 0.216. The first-order valence-electron chi connectivity index (χ1n) is 5.10. The van der Waals surface area contributed by atoms with E-state index in [1.54, 1.807) is 0 Å². The first-order chi connectivity index (χ1) is 8.59. The SMILES string of the molecule is Cc1cc(C(N)=O)c([N+](=O)[O-])cc1S(=O)(=O)N(C)C. The maximum atomic E-state index is 12.0. The van der Waals surface area contributed by atoms with Crippen LogP contribution >= 0.6 is 0 Å². The molecule has 0 aliphatic heterocycles. The Balaban J connectivity index is 3.69. The van der Waals surface area contributed by atoms with Gasteiger partial charge in [0.15, 0.2) is 0 Å². The fraction of sp³-hybridized carbons (Fsp3) is 0.300. The third kappa shape index (κ3) is 2.71. The first kappa shape index (κ1) is 15.1. The Morgan fingerprint density at radius 1 is 1.37 bits per heavy atom. The lowest BCUT2D eigenvalue weighted by Gasteiger charge is -2.14. The summed E-state index contributed by atoms with van der Waals surface area (Å²) in [5.41, 5.74) is 4.31. The number of amides is 1. The molecule has 0 radical (unpaired) electrons. The van der Waals surface area contributed by atoms with E-state index in [1.807, 2.05) is 0 Å². The van der Waals surface area contributed by atoms with Gasteiger partial charge in [-0.2, -0.15) is 0 Å². The lowest BCUT2D eigenvalue weighted by atomic mass is 10.1. The van der Waals surface area contributed by atoms with Gasteiger partial charge in [0.1, 0.15) is 5.56 Å². The Bertz CT molecular complexity index is 651. The molecule has 0 saturated heterocycles. The topological polar surface area (TPSA) is 124 Å².